The Morgan fingerprint density at radius 3 is 2.69 bits per heavy atom. The Labute approximate surface area is 157 Å². The maximum absolute atomic E-state index is 12.6. The molecule has 0 unspecified atom stereocenters. The summed E-state index contributed by atoms with van der Waals surface area (Å²) in [6.07, 6.45) is 1.52. The van der Waals surface area contributed by atoms with Gasteiger partial charge in [0.1, 0.15) is 17.3 Å². The van der Waals surface area contributed by atoms with E-state index in [4.69, 9.17) is 4.42 Å². The summed E-state index contributed by atoms with van der Waals surface area (Å²) in [7, 11) is 0. The fraction of sp³-hybridized carbons (Fsp3) is 0.0500. The largest absolute Gasteiger partial charge is 0.455 e. The summed E-state index contributed by atoms with van der Waals surface area (Å²) in [5, 5.41) is 4.80. The first kappa shape index (κ1) is 16.5. The van der Waals surface area contributed by atoms with E-state index in [1.807, 2.05) is 54.6 Å². The standard InChI is InChI=1S/C20H14BrN3O2/c1-13-23-18-9-5-3-7-16(18)20(25)24(13)22-12-14-10-11-19(26-14)15-6-2-4-8-17(15)21/h2-12H,1H3/b22-12-. The maximum atomic E-state index is 12.6. The molecule has 0 saturated heterocycles. The van der Waals surface area contributed by atoms with Crippen LogP contribution in [-0.4, -0.2) is 15.9 Å². The zero-order chi connectivity index (χ0) is 18.1. The minimum atomic E-state index is -0.207. The van der Waals surface area contributed by atoms with E-state index in [1.165, 1.54) is 10.9 Å². The van der Waals surface area contributed by atoms with E-state index in [1.54, 1.807) is 13.0 Å². The lowest BCUT2D eigenvalue weighted by Gasteiger charge is -2.04. The van der Waals surface area contributed by atoms with Gasteiger partial charge >= 0.3 is 0 Å². The number of aryl methyl sites for hydroxylation is 1. The van der Waals surface area contributed by atoms with Crippen LogP contribution in [0.2, 0.25) is 0 Å². The van der Waals surface area contributed by atoms with E-state index in [0.29, 0.717) is 22.5 Å². The fourth-order valence-electron chi connectivity index (χ4n) is 2.71. The molecular formula is C20H14BrN3O2. The number of benzene rings is 2. The third-order valence-electron chi connectivity index (χ3n) is 3.98. The van der Waals surface area contributed by atoms with Gasteiger partial charge in [0.05, 0.1) is 17.1 Å². The molecule has 0 aliphatic rings. The van der Waals surface area contributed by atoms with Crippen molar-refractivity contribution in [2.24, 2.45) is 5.10 Å². The average molecular weight is 408 g/mol. The van der Waals surface area contributed by atoms with Crippen LogP contribution in [0.15, 0.2) is 79.4 Å². The van der Waals surface area contributed by atoms with Gasteiger partial charge in [0.25, 0.3) is 5.56 Å². The Kier molecular flexibility index (Phi) is 4.26. The van der Waals surface area contributed by atoms with Gasteiger partial charge in [-0.1, -0.05) is 46.3 Å². The molecule has 0 radical (unpaired) electrons. The minimum absolute atomic E-state index is 0.207. The summed E-state index contributed by atoms with van der Waals surface area (Å²) in [5.41, 5.74) is 1.41. The van der Waals surface area contributed by atoms with Crippen LogP contribution < -0.4 is 5.56 Å². The predicted molar refractivity (Wildman–Crippen MR) is 106 cm³/mol. The molecule has 2 aromatic heterocycles. The van der Waals surface area contributed by atoms with Crippen LogP contribution in [0.25, 0.3) is 22.2 Å². The molecule has 128 valence electrons. The molecule has 0 bridgehead atoms. The summed E-state index contributed by atoms with van der Waals surface area (Å²) in [4.78, 5) is 17.0. The molecule has 4 aromatic rings. The monoisotopic (exact) mass is 407 g/mol. The highest BCUT2D eigenvalue weighted by atomic mass is 79.9. The summed E-state index contributed by atoms with van der Waals surface area (Å²) in [6.45, 7) is 1.75. The second-order valence-electron chi connectivity index (χ2n) is 5.72. The number of hydrogen-bond donors (Lipinski definition) is 0. The van der Waals surface area contributed by atoms with Crippen LogP contribution >= 0.6 is 15.9 Å². The van der Waals surface area contributed by atoms with Gasteiger partial charge in [-0.15, -0.1) is 0 Å². The van der Waals surface area contributed by atoms with Gasteiger partial charge in [-0.25, -0.2) is 4.98 Å². The molecule has 0 spiro atoms. The molecule has 5 nitrogen and oxygen atoms in total. The Bertz CT molecular complexity index is 1190. The Balaban J connectivity index is 1.71. The van der Waals surface area contributed by atoms with E-state index >= 15 is 0 Å². The number of rotatable bonds is 3. The third-order valence-corrected chi connectivity index (χ3v) is 4.67. The molecule has 0 atom stereocenters. The number of para-hydroxylation sites is 1. The van der Waals surface area contributed by atoms with Crippen molar-refractivity contribution >= 4 is 33.0 Å². The SMILES string of the molecule is Cc1nc2ccccc2c(=O)n1/N=C\c1ccc(-c2ccccc2Br)o1. The maximum Gasteiger partial charge on any atom is 0.282 e. The Hall–Kier alpha value is -2.99. The Morgan fingerprint density at radius 2 is 1.85 bits per heavy atom. The van der Waals surface area contributed by atoms with Gasteiger partial charge in [-0.05, 0) is 37.3 Å². The second kappa shape index (κ2) is 6.72. The molecule has 6 heteroatoms. The molecule has 0 aliphatic heterocycles. The van der Waals surface area contributed by atoms with Gasteiger partial charge in [0, 0.05) is 10.0 Å². The molecule has 4 rings (SSSR count). The first-order valence-electron chi connectivity index (χ1n) is 8.01. The highest BCUT2D eigenvalue weighted by molar-refractivity contribution is 9.10. The summed E-state index contributed by atoms with van der Waals surface area (Å²) in [6, 6.07) is 18.7. The van der Waals surface area contributed by atoms with Crippen molar-refractivity contribution < 1.29 is 4.42 Å². The van der Waals surface area contributed by atoms with E-state index in [9.17, 15) is 4.79 Å². The van der Waals surface area contributed by atoms with E-state index < -0.39 is 0 Å². The van der Waals surface area contributed by atoms with Crippen molar-refractivity contribution in [3.8, 4) is 11.3 Å². The topological polar surface area (TPSA) is 60.4 Å². The van der Waals surface area contributed by atoms with Gasteiger partial charge in [0.2, 0.25) is 0 Å². The summed E-state index contributed by atoms with van der Waals surface area (Å²) in [5.74, 6) is 1.79. The van der Waals surface area contributed by atoms with Crippen molar-refractivity contribution in [2.75, 3.05) is 0 Å². The van der Waals surface area contributed by atoms with E-state index in [-0.39, 0.29) is 5.56 Å². The quantitative estimate of drug-likeness (QED) is 0.465. The van der Waals surface area contributed by atoms with Crippen molar-refractivity contribution in [2.45, 2.75) is 6.92 Å². The van der Waals surface area contributed by atoms with Crippen LogP contribution in [0.3, 0.4) is 0 Å². The molecular weight excluding hydrogens is 394 g/mol. The van der Waals surface area contributed by atoms with Gasteiger partial charge in [-0.3, -0.25) is 4.79 Å². The zero-order valence-electron chi connectivity index (χ0n) is 13.9. The molecule has 26 heavy (non-hydrogen) atoms. The number of nitrogens with zero attached hydrogens (tertiary/aromatic N) is 3. The van der Waals surface area contributed by atoms with Crippen LogP contribution in [0.1, 0.15) is 11.6 Å². The molecule has 0 N–H and O–H groups in total. The van der Waals surface area contributed by atoms with Crippen molar-refractivity contribution in [1.29, 1.82) is 0 Å². The first-order chi connectivity index (χ1) is 12.6. The smallest absolute Gasteiger partial charge is 0.282 e. The van der Waals surface area contributed by atoms with Crippen LogP contribution in [0, 0.1) is 6.92 Å². The normalized spacial score (nSPS) is 11.5. The van der Waals surface area contributed by atoms with E-state index in [0.717, 1.165) is 15.8 Å². The zero-order valence-corrected chi connectivity index (χ0v) is 15.5. The van der Waals surface area contributed by atoms with Crippen molar-refractivity contribution in [3.63, 3.8) is 0 Å². The Morgan fingerprint density at radius 1 is 1.08 bits per heavy atom. The number of furan rings is 1. The lowest BCUT2D eigenvalue weighted by atomic mass is 10.2. The molecule has 0 saturated carbocycles. The van der Waals surface area contributed by atoms with Crippen molar-refractivity contribution in [1.82, 2.24) is 9.66 Å². The summed E-state index contributed by atoms with van der Waals surface area (Å²) >= 11 is 3.51. The van der Waals surface area contributed by atoms with Gasteiger partial charge < -0.3 is 4.42 Å². The van der Waals surface area contributed by atoms with Crippen LogP contribution in [0.5, 0.6) is 0 Å². The third kappa shape index (κ3) is 2.99. The van der Waals surface area contributed by atoms with E-state index in [2.05, 4.69) is 26.0 Å². The number of hydrogen-bond acceptors (Lipinski definition) is 4. The molecule has 2 aromatic carbocycles. The lowest BCUT2D eigenvalue weighted by Crippen LogP contribution is -2.20. The predicted octanol–water partition coefficient (Wildman–Crippen LogP) is 4.61. The number of halogens is 1. The highest BCUT2D eigenvalue weighted by Crippen LogP contribution is 2.28. The summed E-state index contributed by atoms with van der Waals surface area (Å²) < 4.78 is 8.05. The number of fused-ring (bicyclic) bond motifs is 1. The number of aromatic nitrogens is 2. The molecule has 0 fully saturated rings. The average Bonchev–Trinajstić information content (AvgIpc) is 3.10. The van der Waals surface area contributed by atoms with Crippen LogP contribution in [-0.2, 0) is 0 Å². The first-order valence-corrected chi connectivity index (χ1v) is 8.80. The van der Waals surface area contributed by atoms with Crippen LogP contribution in [0.4, 0.5) is 0 Å². The molecule has 0 aliphatic carbocycles. The molecule has 2 heterocycles. The lowest BCUT2D eigenvalue weighted by molar-refractivity contribution is 0.573. The van der Waals surface area contributed by atoms with Gasteiger partial charge in [0.15, 0.2) is 0 Å². The van der Waals surface area contributed by atoms with Gasteiger partial charge in [-0.2, -0.15) is 9.78 Å². The fourth-order valence-corrected chi connectivity index (χ4v) is 3.19. The molecule has 0 amide bonds. The second-order valence-corrected chi connectivity index (χ2v) is 6.57. The highest BCUT2D eigenvalue weighted by Gasteiger charge is 2.08. The minimum Gasteiger partial charge on any atom is -0.455 e. The van der Waals surface area contributed by atoms with Crippen molar-refractivity contribution in [3.05, 3.63) is 87.1 Å².